The summed E-state index contributed by atoms with van der Waals surface area (Å²) in [6.45, 7) is 4.09. The Hall–Kier alpha value is -3.11. The number of benzene rings is 3. The van der Waals surface area contributed by atoms with Gasteiger partial charge in [-0.25, -0.2) is 0 Å². The van der Waals surface area contributed by atoms with E-state index in [2.05, 4.69) is 72.6 Å². The number of nitrogens with one attached hydrogen (secondary N) is 1. The average molecular weight is 395 g/mol. The first-order chi connectivity index (χ1) is 14.7. The van der Waals surface area contributed by atoms with Crippen LogP contribution in [-0.4, -0.2) is 19.8 Å². The molecular weight excluding hydrogens is 368 g/mol. The summed E-state index contributed by atoms with van der Waals surface area (Å²) in [6, 6.07) is 25.8. The normalized spacial score (nSPS) is 16.3. The molecule has 1 atom stereocenters. The van der Waals surface area contributed by atoms with Gasteiger partial charge in [-0.2, -0.15) is 5.26 Å². The predicted octanol–water partition coefficient (Wildman–Crippen LogP) is 5.11. The summed E-state index contributed by atoms with van der Waals surface area (Å²) in [5.74, 6) is 6.46. The summed E-state index contributed by atoms with van der Waals surface area (Å²) in [7, 11) is 0. The van der Waals surface area contributed by atoms with Gasteiger partial charge in [0.05, 0.1) is 18.0 Å². The van der Waals surface area contributed by atoms with Crippen LogP contribution in [0.25, 0.3) is 10.8 Å². The molecule has 0 unspecified atom stereocenters. The van der Waals surface area contributed by atoms with Gasteiger partial charge in [0.15, 0.2) is 0 Å². The fourth-order valence-corrected chi connectivity index (χ4v) is 4.15. The molecule has 0 radical (unpaired) electrons. The van der Waals surface area contributed by atoms with Crippen LogP contribution in [0.3, 0.4) is 0 Å². The van der Waals surface area contributed by atoms with E-state index < -0.39 is 5.41 Å². The quantitative estimate of drug-likeness (QED) is 0.625. The first-order valence-corrected chi connectivity index (χ1v) is 10.5. The van der Waals surface area contributed by atoms with E-state index in [1.54, 1.807) is 0 Å². The van der Waals surface area contributed by atoms with Crippen molar-refractivity contribution < 1.29 is 4.74 Å². The summed E-state index contributed by atoms with van der Waals surface area (Å²) in [5.41, 5.74) is 2.91. The lowest BCUT2D eigenvalue weighted by Crippen LogP contribution is -2.32. The topological polar surface area (TPSA) is 45.0 Å². The third kappa shape index (κ3) is 4.24. The van der Waals surface area contributed by atoms with Crippen LogP contribution in [0.2, 0.25) is 0 Å². The van der Waals surface area contributed by atoms with Gasteiger partial charge in [0.2, 0.25) is 0 Å². The second-order valence-corrected chi connectivity index (χ2v) is 7.86. The SMILES string of the molecule is C[C@@H](NCC#Cc1ccc(C2(C#N)CCOCC2)cc1)c1cccc2ccccc12. The third-order valence-corrected chi connectivity index (χ3v) is 6.02. The van der Waals surface area contributed by atoms with Gasteiger partial charge in [-0.3, -0.25) is 5.32 Å². The highest BCUT2D eigenvalue weighted by Crippen LogP contribution is 2.34. The maximum atomic E-state index is 9.71. The molecule has 3 nitrogen and oxygen atoms in total. The molecule has 0 spiro atoms. The first-order valence-electron chi connectivity index (χ1n) is 10.5. The molecule has 1 fully saturated rings. The average Bonchev–Trinajstić information content (AvgIpc) is 2.82. The van der Waals surface area contributed by atoms with Crippen molar-refractivity contribution in [2.75, 3.05) is 19.8 Å². The summed E-state index contributed by atoms with van der Waals surface area (Å²) < 4.78 is 5.43. The minimum atomic E-state index is -0.417. The molecular formula is C27H26N2O. The van der Waals surface area contributed by atoms with Gasteiger partial charge in [-0.1, -0.05) is 66.4 Å². The van der Waals surface area contributed by atoms with Gasteiger partial charge in [0.25, 0.3) is 0 Å². The fourth-order valence-electron chi connectivity index (χ4n) is 4.15. The van der Waals surface area contributed by atoms with E-state index in [9.17, 15) is 5.26 Å². The highest BCUT2D eigenvalue weighted by molar-refractivity contribution is 5.86. The molecule has 1 aliphatic rings. The van der Waals surface area contributed by atoms with Gasteiger partial charge in [-0.05, 0) is 53.8 Å². The van der Waals surface area contributed by atoms with E-state index in [0.717, 1.165) is 24.0 Å². The van der Waals surface area contributed by atoms with E-state index in [0.29, 0.717) is 19.8 Å². The zero-order chi connectivity index (χ0) is 20.8. The van der Waals surface area contributed by atoms with Crippen LogP contribution in [0.5, 0.6) is 0 Å². The molecule has 1 heterocycles. The van der Waals surface area contributed by atoms with Crippen molar-refractivity contribution in [2.24, 2.45) is 0 Å². The molecule has 3 aromatic carbocycles. The number of hydrogen-bond acceptors (Lipinski definition) is 3. The van der Waals surface area contributed by atoms with Gasteiger partial charge in [0, 0.05) is 24.8 Å². The van der Waals surface area contributed by atoms with Crippen LogP contribution in [0.4, 0.5) is 0 Å². The molecule has 0 saturated carbocycles. The Balaban J connectivity index is 1.39. The highest BCUT2D eigenvalue weighted by Gasteiger charge is 2.34. The molecule has 4 rings (SSSR count). The van der Waals surface area contributed by atoms with Crippen molar-refractivity contribution in [3.63, 3.8) is 0 Å². The third-order valence-electron chi connectivity index (χ3n) is 6.02. The van der Waals surface area contributed by atoms with Crippen molar-refractivity contribution in [1.82, 2.24) is 5.32 Å². The number of nitrogens with zero attached hydrogens (tertiary/aromatic N) is 1. The van der Waals surface area contributed by atoms with Crippen molar-refractivity contribution in [2.45, 2.75) is 31.2 Å². The van der Waals surface area contributed by atoms with Crippen molar-refractivity contribution in [1.29, 1.82) is 5.26 Å². The molecule has 3 heteroatoms. The number of nitriles is 1. The number of fused-ring (bicyclic) bond motifs is 1. The van der Waals surface area contributed by atoms with Crippen LogP contribution in [0, 0.1) is 23.2 Å². The molecule has 0 aromatic heterocycles. The lowest BCUT2D eigenvalue weighted by Gasteiger charge is -2.31. The van der Waals surface area contributed by atoms with Gasteiger partial charge < -0.3 is 4.74 Å². The standard InChI is InChI=1S/C27H26N2O/c1-21(25-10-4-8-23-7-2-3-9-26(23)25)29-17-5-6-22-11-13-24(14-12-22)27(20-28)15-18-30-19-16-27/h2-4,7-14,21,29H,15-19H2,1H3/t21-/m1/s1. The van der Waals surface area contributed by atoms with E-state index >= 15 is 0 Å². The predicted molar refractivity (Wildman–Crippen MR) is 121 cm³/mol. The van der Waals surface area contributed by atoms with Crippen molar-refractivity contribution in [3.05, 3.63) is 83.4 Å². The molecule has 1 N–H and O–H groups in total. The summed E-state index contributed by atoms with van der Waals surface area (Å²) in [4.78, 5) is 0. The molecule has 0 amide bonds. The molecule has 150 valence electrons. The van der Waals surface area contributed by atoms with Crippen LogP contribution >= 0.6 is 0 Å². The highest BCUT2D eigenvalue weighted by atomic mass is 16.5. The van der Waals surface area contributed by atoms with Crippen LogP contribution in [0.15, 0.2) is 66.7 Å². The zero-order valence-corrected chi connectivity index (χ0v) is 17.3. The molecule has 0 aliphatic carbocycles. The number of ether oxygens (including phenoxy) is 1. The number of hydrogen-bond donors (Lipinski definition) is 1. The van der Waals surface area contributed by atoms with E-state index in [-0.39, 0.29) is 6.04 Å². The monoisotopic (exact) mass is 394 g/mol. The summed E-state index contributed by atoms with van der Waals surface area (Å²) in [5, 5.41) is 15.8. The Morgan fingerprint density at radius 3 is 2.50 bits per heavy atom. The molecule has 1 saturated heterocycles. The zero-order valence-electron chi connectivity index (χ0n) is 17.3. The van der Waals surface area contributed by atoms with E-state index in [4.69, 9.17) is 4.74 Å². The second-order valence-electron chi connectivity index (χ2n) is 7.86. The first kappa shape index (κ1) is 20.2. The Morgan fingerprint density at radius 1 is 1.00 bits per heavy atom. The molecule has 0 bridgehead atoms. The Morgan fingerprint density at radius 2 is 1.73 bits per heavy atom. The van der Waals surface area contributed by atoms with Gasteiger partial charge >= 0.3 is 0 Å². The minimum absolute atomic E-state index is 0.219. The smallest absolute Gasteiger partial charge is 0.0866 e. The van der Waals surface area contributed by atoms with Crippen molar-refractivity contribution in [3.8, 4) is 17.9 Å². The Bertz CT molecular complexity index is 1100. The lowest BCUT2D eigenvalue weighted by molar-refractivity contribution is 0.0675. The Kier molecular flexibility index (Phi) is 6.15. The molecule has 1 aliphatic heterocycles. The largest absolute Gasteiger partial charge is 0.381 e. The van der Waals surface area contributed by atoms with Crippen LogP contribution in [0.1, 0.15) is 42.5 Å². The second kappa shape index (κ2) is 9.14. The number of rotatable bonds is 4. The van der Waals surface area contributed by atoms with E-state index in [1.165, 1.54) is 16.3 Å². The van der Waals surface area contributed by atoms with Crippen LogP contribution in [-0.2, 0) is 10.2 Å². The maximum Gasteiger partial charge on any atom is 0.0866 e. The Labute approximate surface area is 178 Å². The van der Waals surface area contributed by atoms with Crippen LogP contribution < -0.4 is 5.32 Å². The summed E-state index contributed by atoms with van der Waals surface area (Å²) in [6.07, 6.45) is 1.51. The minimum Gasteiger partial charge on any atom is -0.381 e. The van der Waals surface area contributed by atoms with Crippen molar-refractivity contribution >= 4 is 10.8 Å². The van der Waals surface area contributed by atoms with Gasteiger partial charge in [-0.15, -0.1) is 0 Å². The summed E-state index contributed by atoms with van der Waals surface area (Å²) >= 11 is 0. The molecule has 30 heavy (non-hydrogen) atoms. The fraction of sp³-hybridized carbons (Fsp3) is 0.296. The molecule has 3 aromatic rings. The van der Waals surface area contributed by atoms with E-state index in [1.807, 2.05) is 24.3 Å². The lowest BCUT2D eigenvalue weighted by atomic mass is 9.75. The van der Waals surface area contributed by atoms with Gasteiger partial charge in [0.1, 0.15) is 0 Å². The maximum absolute atomic E-state index is 9.71.